The third kappa shape index (κ3) is 4.26. The first kappa shape index (κ1) is 18.3. The lowest BCUT2D eigenvalue weighted by molar-refractivity contribution is 0.0387. The maximum absolute atomic E-state index is 12.9. The third-order valence-electron chi connectivity index (χ3n) is 4.57. The molecule has 1 amide bonds. The van der Waals surface area contributed by atoms with E-state index in [4.69, 9.17) is 20.9 Å². The van der Waals surface area contributed by atoms with Crippen LogP contribution >= 0.6 is 11.6 Å². The summed E-state index contributed by atoms with van der Waals surface area (Å²) in [6, 6.07) is 20.7. The van der Waals surface area contributed by atoms with Crippen LogP contribution in [0.15, 0.2) is 82.6 Å². The van der Waals surface area contributed by atoms with Gasteiger partial charge in [0.15, 0.2) is 11.9 Å². The van der Waals surface area contributed by atoms with Crippen LogP contribution in [-0.2, 0) is 11.4 Å². The number of oxime groups is 1. The molecule has 6 heteroatoms. The molecule has 1 aliphatic heterocycles. The average molecular weight is 395 g/mol. The fourth-order valence-electron chi connectivity index (χ4n) is 3.16. The zero-order valence-electron chi connectivity index (χ0n) is 15.1. The summed E-state index contributed by atoms with van der Waals surface area (Å²) in [5, 5.41) is 4.89. The van der Waals surface area contributed by atoms with Crippen molar-refractivity contribution in [2.75, 3.05) is 6.54 Å². The van der Waals surface area contributed by atoms with Crippen molar-refractivity contribution < 1.29 is 14.0 Å². The fraction of sp³-hybridized carbons (Fsp3) is 0.182. The number of halogens is 1. The molecule has 2 heterocycles. The number of hydrogen-bond donors (Lipinski definition) is 0. The Morgan fingerprint density at radius 1 is 1.07 bits per heavy atom. The van der Waals surface area contributed by atoms with Crippen molar-refractivity contribution >= 4 is 23.2 Å². The second-order valence-corrected chi connectivity index (χ2v) is 7.06. The number of benzene rings is 2. The quantitative estimate of drug-likeness (QED) is 0.605. The molecule has 1 aromatic heterocycles. The largest absolute Gasteiger partial charge is 0.459 e. The molecule has 1 atom stereocenters. The monoisotopic (exact) mass is 394 g/mol. The van der Waals surface area contributed by atoms with E-state index in [0.717, 1.165) is 16.8 Å². The van der Waals surface area contributed by atoms with E-state index < -0.39 is 0 Å². The lowest BCUT2D eigenvalue weighted by atomic mass is 10.0. The van der Waals surface area contributed by atoms with E-state index in [9.17, 15) is 4.79 Å². The van der Waals surface area contributed by atoms with Gasteiger partial charge in [-0.1, -0.05) is 59.2 Å². The first-order valence-electron chi connectivity index (χ1n) is 9.04. The average Bonchev–Trinajstić information content (AvgIpc) is 3.41. The molecule has 142 valence electrons. The molecule has 0 fully saturated rings. The molecule has 0 bridgehead atoms. The minimum atomic E-state index is -0.215. The smallest absolute Gasteiger partial charge is 0.289 e. The van der Waals surface area contributed by atoms with Crippen LogP contribution in [0.4, 0.5) is 0 Å². The number of carbonyl (C=O) groups excluding carboxylic acids is 1. The van der Waals surface area contributed by atoms with Gasteiger partial charge in [-0.2, -0.15) is 0 Å². The first-order valence-corrected chi connectivity index (χ1v) is 9.42. The molecule has 4 rings (SSSR count). The highest BCUT2D eigenvalue weighted by Crippen LogP contribution is 2.21. The van der Waals surface area contributed by atoms with E-state index in [0.29, 0.717) is 30.3 Å². The summed E-state index contributed by atoms with van der Waals surface area (Å²) in [5.41, 5.74) is 2.87. The van der Waals surface area contributed by atoms with Crippen molar-refractivity contribution in [2.24, 2.45) is 5.16 Å². The predicted molar refractivity (Wildman–Crippen MR) is 107 cm³/mol. The molecule has 0 spiro atoms. The summed E-state index contributed by atoms with van der Waals surface area (Å²) in [7, 11) is 0. The van der Waals surface area contributed by atoms with E-state index in [2.05, 4.69) is 5.16 Å². The summed E-state index contributed by atoms with van der Waals surface area (Å²) in [6.45, 7) is 0.880. The Hall–Kier alpha value is -3.05. The second-order valence-electron chi connectivity index (χ2n) is 6.62. The second kappa shape index (κ2) is 8.31. The zero-order chi connectivity index (χ0) is 19.3. The molecule has 2 aromatic carbocycles. The molecule has 28 heavy (non-hydrogen) atoms. The highest BCUT2D eigenvalue weighted by atomic mass is 35.5. The van der Waals surface area contributed by atoms with Gasteiger partial charge in [-0.05, 0) is 35.4 Å². The predicted octanol–water partition coefficient (Wildman–Crippen LogP) is 4.77. The number of furan rings is 1. The number of rotatable bonds is 6. The minimum Gasteiger partial charge on any atom is -0.459 e. The van der Waals surface area contributed by atoms with Crippen LogP contribution in [0.5, 0.6) is 0 Å². The van der Waals surface area contributed by atoms with E-state index in [1.54, 1.807) is 17.0 Å². The Morgan fingerprint density at radius 2 is 1.86 bits per heavy atom. The highest BCUT2D eigenvalue weighted by molar-refractivity contribution is 6.30. The maximum atomic E-state index is 12.9. The van der Waals surface area contributed by atoms with Gasteiger partial charge >= 0.3 is 0 Å². The van der Waals surface area contributed by atoms with Crippen LogP contribution in [-0.4, -0.2) is 29.2 Å². The van der Waals surface area contributed by atoms with Crippen molar-refractivity contribution in [2.45, 2.75) is 19.1 Å². The van der Waals surface area contributed by atoms with E-state index in [-0.39, 0.29) is 12.0 Å². The fourth-order valence-corrected chi connectivity index (χ4v) is 3.29. The van der Waals surface area contributed by atoms with Crippen molar-refractivity contribution in [3.05, 3.63) is 94.9 Å². The minimum absolute atomic E-state index is 0.169. The van der Waals surface area contributed by atoms with Gasteiger partial charge in [-0.15, -0.1) is 0 Å². The number of nitrogens with zero attached hydrogens (tertiary/aromatic N) is 2. The summed E-state index contributed by atoms with van der Waals surface area (Å²) < 4.78 is 5.31. The summed E-state index contributed by atoms with van der Waals surface area (Å²) in [5.74, 6) is 0.144. The Labute approximate surface area is 168 Å². The normalized spacial score (nSPS) is 15.8. The highest BCUT2D eigenvalue weighted by Gasteiger charge is 2.28. The van der Waals surface area contributed by atoms with E-state index >= 15 is 0 Å². The van der Waals surface area contributed by atoms with Crippen LogP contribution in [0.1, 0.15) is 28.1 Å². The lowest BCUT2D eigenvalue weighted by Gasteiger charge is -2.24. The Morgan fingerprint density at radius 3 is 2.57 bits per heavy atom. The molecular formula is C22H19ClN2O3. The van der Waals surface area contributed by atoms with Gasteiger partial charge in [-0.3, -0.25) is 4.79 Å². The van der Waals surface area contributed by atoms with Gasteiger partial charge in [-0.25, -0.2) is 0 Å². The third-order valence-corrected chi connectivity index (χ3v) is 4.82. The lowest BCUT2D eigenvalue weighted by Crippen LogP contribution is -2.37. The van der Waals surface area contributed by atoms with E-state index in [1.165, 1.54) is 6.26 Å². The van der Waals surface area contributed by atoms with Crippen LogP contribution in [0.25, 0.3) is 0 Å². The van der Waals surface area contributed by atoms with Gasteiger partial charge in [0.05, 0.1) is 18.5 Å². The number of amides is 1. The van der Waals surface area contributed by atoms with Gasteiger partial charge in [0.1, 0.15) is 0 Å². The maximum Gasteiger partial charge on any atom is 0.289 e. The van der Waals surface area contributed by atoms with Crippen LogP contribution in [0.3, 0.4) is 0 Å². The standard InChI is InChI=1S/C22H19ClN2O3/c23-18-10-8-17(9-11-18)20-13-19(28-24-20)15-25(14-16-5-2-1-3-6-16)22(26)21-7-4-12-27-21/h1-12,19H,13-15H2/t19-/m1/s1. The van der Waals surface area contributed by atoms with Crippen molar-refractivity contribution in [1.82, 2.24) is 4.90 Å². The van der Waals surface area contributed by atoms with Crippen molar-refractivity contribution in [1.29, 1.82) is 0 Å². The van der Waals surface area contributed by atoms with E-state index in [1.807, 2.05) is 54.6 Å². The van der Waals surface area contributed by atoms with Crippen molar-refractivity contribution in [3.8, 4) is 0 Å². The SMILES string of the molecule is O=C(c1ccco1)N(Cc1ccccc1)C[C@H]1CC(c2ccc(Cl)cc2)=NO1. The van der Waals surface area contributed by atoms with Crippen LogP contribution in [0.2, 0.25) is 5.02 Å². The van der Waals surface area contributed by atoms with Crippen LogP contribution < -0.4 is 0 Å². The Kier molecular flexibility index (Phi) is 5.44. The number of carbonyl (C=O) groups is 1. The first-order chi connectivity index (χ1) is 13.7. The van der Waals surface area contributed by atoms with Crippen molar-refractivity contribution in [3.63, 3.8) is 0 Å². The number of hydrogen-bond acceptors (Lipinski definition) is 4. The van der Waals surface area contributed by atoms with Crippen LogP contribution in [0, 0.1) is 0 Å². The molecular weight excluding hydrogens is 376 g/mol. The Bertz CT molecular complexity index is 953. The zero-order valence-corrected chi connectivity index (χ0v) is 15.9. The summed E-state index contributed by atoms with van der Waals surface area (Å²) in [6.07, 6.45) is 1.91. The molecule has 0 saturated carbocycles. The topological polar surface area (TPSA) is 55.0 Å². The van der Waals surface area contributed by atoms with Gasteiger partial charge in [0.25, 0.3) is 5.91 Å². The molecule has 0 N–H and O–H groups in total. The molecule has 0 aliphatic carbocycles. The molecule has 1 aliphatic rings. The van der Waals surface area contributed by atoms with Gasteiger partial charge in [0.2, 0.25) is 0 Å². The summed E-state index contributed by atoms with van der Waals surface area (Å²) >= 11 is 5.95. The van der Waals surface area contributed by atoms with Gasteiger partial charge < -0.3 is 14.2 Å². The molecule has 5 nitrogen and oxygen atoms in total. The molecule has 0 radical (unpaired) electrons. The Balaban J connectivity index is 1.47. The molecule has 3 aromatic rings. The molecule has 0 saturated heterocycles. The molecule has 0 unspecified atom stereocenters. The van der Waals surface area contributed by atoms with Gasteiger partial charge in [0, 0.05) is 18.0 Å². The summed E-state index contributed by atoms with van der Waals surface area (Å²) in [4.78, 5) is 20.3.